The average molecular weight is 420 g/mol. The summed E-state index contributed by atoms with van der Waals surface area (Å²) in [4.78, 5) is 36.2. The van der Waals surface area contributed by atoms with Crippen molar-refractivity contribution >= 4 is 29.4 Å². The fourth-order valence-corrected chi connectivity index (χ4v) is 6.49. The highest BCUT2D eigenvalue weighted by Gasteiger charge is 2.60. The zero-order valence-electron chi connectivity index (χ0n) is 16.5. The molecule has 0 spiro atoms. The number of esters is 2. The SMILES string of the molecule is COC(=O)c1ccc(CNC(=O)COC(=O)C23C[C@@H]4C[C@@H](CC(Cl)(C4)C2)C3)cc1. The Labute approximate surface area is 175 Å². The average Bonchev–Trinajstić information content (AvgIpc) is 2.68. The Morgan fingerprint density at radius 1 is 1.10 bits per heavy atom. The third-order valence-corrected chi connectivity index (χ3v) is 7.06. The van der Waals surface area contributed by atoms with Crippen molar-refractivity contribution in [1.29, 1.82) is 0 Å². The normalized spacial score (nSPS) is 31.9. The van der Waals surface area contributed by atoms with Gasteiger partial charge in [0.05, 0.1) is 18.1 Å². The number of hydrogen-bond donors (Lipinski definition) is 1. The van der Waals surface area contributed by atoms with E-state index in [0.29, 0.717) is 23.8 Å². The molecule has 1 amide bonds. The Kier molecular flexibility index (Phi) is 5.32. The van der Waals surface area contributed by atoms with Gasteiger partial charge in [-0.2, -0.15) is 0 Å². The molecule has 156 valence electrons. The highest BCUT2D eigenvalue weighted by molar-refractivity contribution is 6.24. The molecule has 5 rings (SSSR count). The van der Waals surface area contributed by atoms with E-state index in [1.54, 1.807) is 24.3 Å². The third kappa shape index (κ3) is 4.13. The number of nitrogens with one attached hydrogen (secondary N) is 1. The summed E-state index contributed by atoms with van der Waals surface area (Å²) in [6.07, 6.45) is 5.50. The van der Waals surface area contributed by atoms with Crippen molar-refractivity contribution < 1.29 is 23.9 Å². The Hall–Kier alpha value is -2.08. The second kappa shape index (κ2) is 7.63. The van der Waals surface area contributed by atoms with E-state index in [1.165, 1.54) is 13.5 Å². The summed E-state index contributed by atoms with van der Waals surface area (Å²) in [6, 6.07) is 6.77. The molecule has 4 aliphatic carbocycles. The minimum absolute atomic E-state index is 0.262. The number of alkyl halides is 1. The lowest BCUT2D eigenvalue weighted by atomic mass is 9.49. The molecule has 1 aromatic carbocycles. The van der Waals surface area contributed by atoms with Crippen molar-refractivity contribution in [3.8, 4) is 0 Å². The van der Waals surface area contributed by atoms with Crippen molar-refractivity contribution in [3.63, 3.8) is 0 Å². The number of methoxy groups -OCH3 is 1. The number of benzene rings is 1. The molecule has 4 bridgehead atoms. The molecule has 0 aliphatic heterocycles. The molecule has 7 heteroatoms. The minimum atomic E-state index is -0.504. The smallest absolute Gasteiger partial charge is 0.337 e. The highest BCUT2D eigenvalue weighted by atomic mass is 35.5. The van der Waals surface area contributed by atoms with E-state index in [4.69, 9.17) is 16.3 Å². The van der Waals surface area contributed by atoms with Crippen molar-refractivity contribution in [2.24, 2.45) is 17.3 Å². The molecule has 4 fully saturated rings. The fourth-order valence-electron chi connectivity index (χ4n) is 5.80. The zero-order valence-corrected chi connectivity index (χ0v) is 17.3. The number of ether oxygens (including phenoxy) is 2. The van der Waals surface area contributed by atoms with Crippen LogP contribution in [0.2, 0.25) is 0 Å². The van der Waals surface area contributed by atoms with Gasteiger partial charge in [0, 0.05) is 11.4 Å². The molecule has 6 nitrogen and oxygen atoms in total. The van der Waals surface area contributed by atoms with E-state index >= 15 is 0 Å². The van der Waals surface area contributed by atoms with Gasteiger partial charge < -0.3 is 14.8 Å². The first-order valence-electron chi connectivity index (χ1n) is 10.1. The summed E-state index contributed by atoms with van der Waals surface area (Å²) >= 11 is 6.77. The van der Waals surface area contributed by atoms with Crippen molar-refractivity contribution in [2.75, 3.05) is 13.7 Å². The lowest BCUT2D eigenvalue weighted by Gasteiger charge is -2.58. The fraction of sp³-hybridized carbons (Fsp3) is 0.591. The van der Waals surface area contributed by atoms with Gasteiger partial charge >= 0.3 is 11.9 Å². The van der Waals surface area contributed by atoms with Gasteiger partial charge in [0.15, 0.2) is 6.61 Å². The molecule has 29 heavy (non-hydrogen) atoms. The zero-order chi connectivity index (χ0) is 20.6. The molecule has 1 N–H and O–H groups in total. The molecule has 0 saturated heterocycles. The van der Waals surface area contributed by atoms with Gasteiger partial charge in [0.2, 0.25) is 0 Å². The van der Waals surface area contributed by atoms with E-state index < -0.39 is 11.4 Å². The van der Waals surface area contributed by atoms with Crippen LogP contribution in [0.4, 0.5) is 0 Å². The number of carbonyl (C=O) groups excluding carboxylic acids is 3. The van der Waals surface area contributed by atoms with Gasteiger partial charge in [-0.05, 0) is 68.1 Å². The Bertz CT molecular complexity index is 807. The quantitative estimate of drug-likeness (QED) is 0.565. The molecule has 1 aromatic rings. The maximum absolute atomic E-state index is 12.8. The van der Waals surface area contributed by atoms with Gasteiger partial charge in [-0.25, -0.2) is 4.79 Å². The molecular weight excluding hydrogens is 394 g/mol. The second-order valence-corrected chi connectivity index (χ2v) is 9.74. The van der Waals surface area contributed by atoms with Crippen molar-refractivity contribution in [3.05, 3.63) is 35.4 Å². The standard InChI is InChI=1S/C22H26ClNO5/c1-28-19(26)17-4-2-14(3-5-17)11-24-18(25)12-29-20(27)21-7-15-6-16(8-21)10-22(23,9-15)13-21/h2-5,15-16H,6-13H2,1H3,(H,24,25)/t15-,16+,21?,22?. The maximum atomic E-state index is 12.8. The van der Waals surface area contributed by atoms with Crippen LogP contribution in [0.1, 0.15) is 54.4 Å². The lowest BCUT2D eigenvalue weighted by molar-refractivity contribution is -0.171. The van der Waals surface area contributed by atoms with Crippen LogP contribution < -0.4 is 5.32 Å². The summed E-state index contributed by atoms with van der Waals surface area (Å²) in [5.41, 5.74) is 0.780. The van der Waals surface area contributed by atoms with Crippen LogP contribution in [-0.2, 0) is 25.6 Å². The van der Waals surface area contributed by atoms with Crippen LogP contribution in [0, 0.1) is 17.3 Å². The van der Waals surface area contributed by atoms with Crippen molar-refractivity contribution in [2.45, 2.75) is 49.9 Å². The van der Waals surface area contributed by atoms with Crippen LogP contribution in [0.25, 0.3) is 0 Å². The number of rotatable bonds is 6. The van der Waals surface area contributed by atoms with Gasteiger partial charge in [0.25, 0.3) is 5.91 Å². The van der Waals surface area contributed by atoms with Crippen LogP contribution >= 0.6 is 11.6 Å². The van der Waals surface area contributed by atoms with Crippen LogP contribution in [-0.4, -0.2) is 36.4 Å². The Balaban J connectivity index is 1.27. The summed E-state index contributed by atoms with van der Waals surface area (Å²) < 4.78 is 10.1. The Morgan fingerprint density at radius 3 is 2.34 bits per heavy atom. The molecule has 2 unspecified atom stereocenters. The van der Waals surface area contributed by atoms with Crippen LogP contribution in [0.5, 0.6) is 0 Å². The van der Waals surface area contributed by atoms with Gasteiger partial charge in [-0.1, -0.05) is 12.1 Å². The summed E-state index contributed by atoms with van der Waals surface area (Å²) in [6.45, 7) is 0.00334. The molecule has 0 radical (unpaired) electrons. The van der Waals surface area contributed by atoms with Gasteiger partial charge in [-0.3, -0.25) is 9.59 Å². The molecular formula is C22H26ClNO5. The summed E-state index contributed by atoms with van der Waals surface area (Å²) in [7, 11) is 1.33. The monoisotopic (exact) mass is 419 g/mol. The van der Waals surface area contributed by atoms with Gasteiger partial charge in [-0.15, -0.1) is 11.6 Å². The van der Waals surface area contributed by atoms with Gasteiger partial charge in [0.1, 0.15) is 0 Å². The molecule has 0 aromatic heterocycles. The van der Waals surface area contributed by atoms with E-state index in [0.717, 1.165) is 31.2 Å². The summed E-state index contributed by atoms with van der Waals surface area (Å²) in [5.74, 6) is -0.0167. The predicted molar refractivity (Wildman–Crippen MR) is 106 cm³/mol. The molecule has 4 saturated carbocycles. The maximum Gasteiger partial charge on any atom is 0.337 e. The molecule has 0 heterocycles. The van der Waals surface area contributed by atoms with E-state index in [-0.39, 0.29) is 29.9 Å². The lowest BCUT2D eigenvalue weighted by Crippen LogP contribution is -2.56. The van der Waals surface area contributed by atoms with Crippen molar-refractivity contribution in [1.82, 2.24) is 5.32 Å². The highest BCUT2D eigenvalue weighted by Crippen LogP contribution is 2.64. The molecule has 4 aliphatic rings. The Morgan fingerprint density at radius 2 is 1.76 bits per heavy atom. The first-order chi connectivity index (χ1) is 13.8. The van der Waals surface area contributed by atoms with E-state index in [9.17, 15) is 14.4 Å². The largest absolute Gasteiger partial charge is 0.465 e. The molecule has 4 atom stereocenters. The summed E-state index contributed by atoms with van der Waals surface area (Å²) in [5, 5.41) is 2.74. The van der Waals surface area contributed by atoms with E-state index in [2.05, 4.69) is 10.1 Å². The topological polar surface area (TPSA) is 81.7 Å². The van der Waals surface area contributed by atoms with Crippen LogP contribution in [0.15, 0.2) is 24.3 Å². The van der Waals surface area contributed by atoms with E-state index in [1.807, 2.05) is 0 Å². The minimum Gasteiger partial charge on any atom is -0.465 e. The first kappa shape index (κ1) is 20.2. The number of halogens is 1. The van der Waals surface area contributed by atoms with Crippen LogP contribution in [0.3, 0.4) is 0 Å². The third-order valence-electron chi connectivity index (χ3n) is 6.62. The number of hydrogen-bond acceptors (Lipinski definition) is 5. The first-order valence-corrected chi connectivity index (χ1v) is 10.5. The second-order valence-electron chi connectivity index (χ2n) is 8.93. The predicted octanol–water partition coefficient (Wildman–Crippen LogP) is 3.21. The number of amides is 1. The number of carbonyl (C=O) groups is 3.